The van der Waals surface area contributed by atoms with E-state index in [1.165, 1.54) is 0 Å². The second-order valence-corrected chi connectivity index (χ2v) is 4.65. The topological polar surface area (TPSA) is 70.9 Å². The Morgan fingerprint density at radius 1 is 1.37 bits per heavy atom. The van der Waals surface area contributed by atoms with Crippen LogP contribution in [0.4, 0.5) is 0 Å². The number of rotatable bonds is 2. The van der Waals surface area contributed by atoms with Crippen LogP contribution >= 0.6 is 0 Å². The van der Waals surface area contributed by atoms with Gasteiger partial charge >= 0.3 is 5.97 Å². The van der Waals surface area contributed by atoms with Gasteiger partial charge in [0.05, 0.1) is 5.69 Å². The summed E-state index contributed by atoms with van der Waals surface area (Å²) in [4.78, 5) is 10.9. The van der Waals surface area contributed by atoms with Gasteiger partial charge in [0.25, 0.3) is 0 Å². The van der Waals surface area contributed by atoms with Gasteiger partial charge in [-0.1, -0.05) is 11.6 Å². The normalized spacial score (nSPS) is 11.1. The van der Waals surface area contributed by atoms with Crippen LogP contribution in [-0.2, 0) is 7.05 Å². The van der Waals surface area contributed by atoms with E-state index >= 15 is 0 Å². The highest BCUT2D eigenvalue weighted by Crippen LogP contribution is 2.29. The molecule has 3 rings (SSSR count). The Balaban J connectivity index is 2.23. The zero-order chi connectivity index (χ0) is 13.6. The molecule has 0 saturated carbocycles. The third-order valence-corrected chi connectivity index (χ3v) is 3.23. The smallest absolute Gasteiger partial charge is 0.353 e. The fourth-order valence-corrected chi connectivity index (χ4v) is 2.28. The van der Waals surface area contributed by atoms with Crippen molar-refractivity contribution >= 4 is 16.9 Å². The number of aromatic amines is 1. The number of hydrogen-bond donors (Lipinski definition) is 2. The number of nitrogens with zero attached hydrogens (tertiary/aromatic N) is 2. The van der Waals surface area contributed by atoms with E-state index in [0.717, 1.165) is 22.0 Å². The lowest BCUT2D eigenvalue weighted by molar-refractivity contribution is 0.0690. The highest BCUT2D eigenvalue weighted by atomic mass is 16.4. The first kappa shape index (κ1) is 11.5. The van der Waals surface area contributed by atoms with Crippen LogP contribution in [0, 0.1) is 6.92 Å². The summed E-state index contributed by atoms with van der Waals surface area (Å²) in [5, 5.41) is 16.6. The number of carbonyl (C=O) groups is 1. The Hall–Kier alpha value is -2.56. The minimum Gasteiger partial charge on any atom is -0.477 e. The third kappa shape index (κ3) is 1.79. The van der Waals surface area contributed by atoms with Crippen molar-refractivity contribution in [2.45, 2.75) is 6.92 Å². The number of nitrogens with one attached hydrogen (secondary N) is 1. The van der Waals surface area contributed by atoms with Crippen molar-refractivity contribution in [1.29, 1.82) is 0 Å². The van der Waals surface area contributed by atoms with Gasteiger partial charge in [0, 0.05) is 29.7 Å². The molecule has 0 radical (unpaired) electrons. The van der Waals surface area contributed by atoms with Crippen LogP contribution in [-0.4, -0.2) is 25.8 Å². The molecule has 19 heavy (non-hydrogen) atoms. The number of carboxylic acid groups (broad SMARTS) is 1. The van der Waals surface area contributed by atoms with Crippen molar-refractivity contribution in [3.63, 3.8) is 0 Å². The summed E-state index contributed by atoms with van der Waals surface area (Å²) in [6.07, 6.45) is 1.96. The SMILES string of the molecule is Cc1ccc2c(c1)c(-c1cc(C(=O)O)[nH]n1)cn2C. The zero-order valence-corrected chi connectivity index (χ0v) is 10.6. The molecule has 3 aromatic rings. The molecule has 96 valence electrons. The lowest BCUT2D eigenvalue weighted by atomic mass is 10.1. The fraction of sp³-hybridized carbons (Fsp3) is 0.143. The molecule has 2 N–H and O–H groups in total. The van der Waals surface area contributed by atoms with Gasteiger partial charge < -0.3 is 9.67 Å². The minimum atomic E-state index is -1.00. The van der Waals surface area contributed by atoms with E-state index < -0.39 is 5.97 Å². The van der Waals surface area contributed by atoms with Crippen molar-refractivity contribution in [2.24, 2.45) is 7.05 Å². The van der Waals surface area contributed by atoms with Crippen molar-refractivity contribution in [3.8, 4) is 11.3 Å². The summed E-state index contributed by atoms with van der Waals surface area (Å²) >= 11 is 0. The molecule has 0 fully saturated rings. The van der Waals surface area contributed by atoms with Crippen molar-refractivity contribution in [1.82, 2.24) is 14.8 Å². The first-order valence-corrected chi connectivity index (χ1v) is 5.91. The number of benzene rings is 1. The van der Waals surface area contributed by atoms with E-state index in [2.05, 4.69) is 28.4 Å². The number of carboxylic acids is 1. The average Bonchev–Trinajstić information content (AvgIpc) is 2.94. The summed E-state index contributed by atoms with van der Waals surface area (Å²) in [6, 6.07) is 7.75. The fourth-order valence-electron chi connectivity index (χ4n) is 2.28. The lowest BCUT2D eigenvalue weighted by Gasteiger charge is -1.97. The predicted molar refractivity (Wildman–Crippen MR) is 72.2 cm³/mol. The summed E-state index contributed by atoms with van der Waals surface area (Å²) in [7, 11) is 1.96. The zero-order valence-electron chi connectivity index (χ0n) is 10.6. The van der Waals surface area contributed by atoms with Crippen LogP contribution in [0.25, 0.3) is 22.2 Å². The van der Waals surface area contributed by atoms with E-state index in [0.29, 0.717) is 5.69 Å². The van der Waals surface area contributed by atoms with Gasteiger partial charge in [0.2, 0.25) is 0 Å². The van der Waals surface area contributed by atoms with Gasteiger partial charge in [-0.05, 0) is 25.1 Å². The van der Waals surface area contributed by atoms with E-state index in [9.17, 15) is 4.79 Å². The molecule has 0 spiro atoms. The van der Waals surface area contributed by atoms with Crippen molar-refractivity contribution < 1.29 is 9.90 Å². The summed E-state index contributed by atoms with van der Waals surface area (Å²) in [6.45, 7) is 2.03. The Kier molecular flexibility index (Phi) is 2.41. The standard InChI is InChI=1S/C14H13N3O2/c1-8-3-4-13-9(5-8)10(7-17(13)2)11-6-12(14(18)19)16-15-11/h3-7H,1-2H3,(H,15,16)(H,18,19). The number of aromatic nitrogens is 3. The molecule has 2 aromatic heterocycles. The Morgan fingerprint density at radius 2 is 2.16 bits per heavy atom. The molecule has 0 aliphatic rings. The predicted octanol–water partition coefficient (Wildman–Crippen LogP) is 2.58. The van der Waals surface area contributed by atoms with Gasteiger partial charge in [-0.2, -0.15) is 5.10 Å². The quantitative estimate of drug-likeness (QED) is 0.739. The largest absolute Gasteiger partial charge is 0.477 e. The van der Waals surface area contributed by atoms with E-state index in [4.69, 9.17) is 5.11 Å². The van der Waals surface area contributed by atoms with Crippen LogP contribution in [0.5, 0.6) is 0 Å². The first-order chi connectivity index (χ1) is 9.06. The van der Waals surface area contributed by atoms with Crippen LogP contribution in [0.15, 0.2) is 30.5 Å². The van der Waals surface area contributed by atoms with Gasteiger partial charge in [0.1, 0.15) is 5.69 Å². The maximum absolute atomic E-state index is 10.9. The molecule has 0 saturated heterocycles. The van der Waals surface area contributed by atoms with Gasteiger partial charge in [-0.3, -0.25) is 5.10 Å². The van der Waals surface area contributed by atoms with Crippen LogP contribution in [0.2, 0.25) is 0 Å². The van der Waals surface area contributed by atoms with E-state index in [1.54, 1.807) is 6.07 Å². The lowest BCUT2D eigenvalue weighted by Crippen LogP contribution is -1.95. The summed E-state index contributed by atoms with van der Waals surface area (Å²) in [5.74, 6) is -1.00. The molecule has 1 aromatic carbocycles. The molecular formula is C14H13N3O2. The molecule has 0 bridgehead atoms. The monoisotopic (exact) mass is 255 g/mol. The Labute approximate surface area is 109 Å². The molecule has 0 aliphatic carbocycles. The van der Waals surface area contributed by atoms with Crippen LogP contribution < -0.4 is 0 Å². The minimum absolute atomic E-state index is 0.0969. The second kappa shape index (κ2) is 3.98. The van der Waals surface area contributed by atoms with E-state index in [1.807, 2.05) is 24.7 Å². The maximum Gasteiger partial charge on any atom is 0.353 e. The van der Waals surface area contributed by atoms with Gasteiger partial charge in [-0.25, -0.2) is 4.79 Å². The van der Waals surface area contributed by atoms with Gasteiger partial charge in [-0.15, -0.1) is 0 Å². The van der Waals surface area contributed by atoms with Crippen molar-refractivity contribution in [3.05, 3.63) is 41.7 Å². The highest BCUT2D eigenvalue weighted by Gasteiger charge is 2.14. The number of aromatic carboxylic acids is 1. The first-order valence-electron chi connectivity index (χ1n) is 5.91. The molecule has 0 aliphatic heterocycles. The summed E-state index contributed by atoms with van der Waals surface area (Å²) < 4.78 is 2.01. The molecular weight excluding hydrogens is 242 g/mol. The van der Waals surface area contributed by atoms with Gasteiger partial charge in [0.15, 0.2) is 0 Å². The molecule has 0 atom stereocenters. The van der Waals surface area contributed by atoms with Crippen LogP contribution in [0.3, 0.4) is 0 Å². The number of aryl methyl sites for hydroxylation is 2. The molecule has 5 heteroatoms. The maximum atomic E-state index is 10.9. The third-order valence-electron chi connectivity index (χ3n) is 3.23. The van der Waals surface area contributed by atoms with Crippen LogP contribution in [0.1, 0.15) is 16.1 Å². The highest BCUT2D eigenvalue weighted by molar-refractivity contribution is 5.96. The number of H-pyrrole nitrogens is 1. The van der Waals surface area contributed by atoms with Crippen molar-refractivity contribution in [2.75, 3.05) is 0 Å². The molecule has 0 unspecified atom stereocenters. The Bertz CT molecular complexity index is 783. The number of hydrogen-bond acceptors (Lipinski definition) is 2. The average molecular weight is 255 g/mol. The molecule has 5 nitrogen and oxygen atoms in total. The summed E-state index contributed by atoms with van der Waals surface area (Å²) in [5.41, 5.74) is 3.94. The Morgan fingerprint density at radius 3 is 2.84 bits per heavy atom. The molecule has 2 heterocycles. The molecule has 0 amide bonds. The number of fused-ring (bicyclic) bond motifs is 1. The van der Waals surface area contributed by atoms with E-state index in [-0.39, 0.29) is 5.69 Å². The second-order valence-electron chi connectivity index (χ2n) is 4.65.